The first-order chi connectivity index (χ1) is 15.9. The molecular weight excluding hydrogens is 474 g/mol. The fourth-order valence-electron chi connectivity index (χ4n) is 3.39. The number of amides is 1. The molecule has 4 aromatic rings. The van der Waals surface area contributed by atoms with Crippen LogP contribution in [-0.4, -0.2) is 20.7 Å². The van der Waals surface area contributed by atoms with Crippen LogP contribution in [0.5, 0.6) is 0 Å². The number of carbonyl (C=O) groups excluding carboxylic acids is 1. The molecule has 2 heterocycles. The molecule has 1 N–H and O–H groups in total. The number of carbonyl (C=O) groups is 1. The van der Waals surface area contributed by atoms with Gasteiger partial charge in [0.05, 0.1) is 10.6 Å². The van der Waals surface area contributed by atoms with E-state index in [1.807, 2.05) is 48.7 Å². The second-order valence-corrected chi connectivity index (χ2v) is 10.1. The molecule has 0 saturated heterocycles. The fourth-order valence-corrected chi connectivity index (χ4v) is 5.47. The number of rotatable bonds is 7. The van der Waals surface area contributed by atoms with Crippen LogP contribution in [0.3, 0.4) is 0 Å². The Morgan fingerprint density at radius 2 is 2.06 bits per heavy atom. The number of hydrogen-bond acceptors (Lipinski definition) is 5. The molecule has 0 spiro atoms. The smallest absolute Gasteiger partial charge is 0.263 e. The number of thioether (sulfide) groups is 1. The minimum atomic E-state index is -0.489. The highest BCUT2D eigenvalue weighted by Crippen LogP contribution is 2.33. The van der Waals surface area contributed by atoms with Crippen LogP contribution in [0.15, 0.2) is 76.5 Å². The molecule has 2 aromatic carbocycles. The number of fused-ring (bicyclic) bond motifs is 1. The van der Waals surface area contributed by atoms with E-state index in [2.05, 4.69) is 11.9 Å². The Morgan fingerprint density at radius 1 is 1.30 bits per heavy atom. The Morgan fingerprint density at radius 3 is 2.79 bits per heavy atom. The molecule has 1 unspecified atom stereocenters. The Balaban J connectivity index is 1.68. The van der Waals surface area contributed by atoms with Gasteiger partial charge in [-0.3, -0.25) is 14.2 Å². The third-order valence-corrected chi connectivity index (χ3v) is 7.36. The zero-order valence-electron chi connectivity index (χ0n) is 18.2. The lowest BCUT2D eigenvalue weighted by atomic mass is 10.1. The second-order valence-electron chi connectivity index (χ2n) is 7.50. The van der Waals surface area contributed by atoms with Crippen LogP contribution >= 0.6 is 34.7 Å². The Hall–Kier alpha value is -2.87. The van der Waals surface area contributed by atoms with Crippen LogP contribution in [0.1, 0.15) is 12.5 Å². The van der Waals surface area contributed by atoms with Crippen molar-refractivity contribution in [2.45, 2.75) is 30.8 Å². The number of hydrogen-bond donors (Lipinski definition) is 1. The molecule has 8 heteroatoms. The van der Waals surface area contributed by atoms with E-state index in [1.165, 1.54) is 23.1 Å². The van der Waals surface area contributed by atoms with Gasteiger partial charge < -0.3 is 5.32 Å². The molecule has 168 valence electrons. The fraction of sp³-hybridized carbons (Fsp3) is 0.160. The number of nitrogens with one attached hydrogen (secondary N) is 1. The Kier molecular flexibility index (Phi) is 7.02. The maximum atomic E-state index is 13.5. The van der Waals surface area contributed by atoms with E-state index in [4.69, 9.17) is 16.6 Å². The van der Waals surface area contributed by atoms with Crippen molar-refractivity contribution in [2.75, 3.05) is 5.32 Å². The van der Waals surface area contributed by atoms with Crippen molar-refractivity contribution in [3.8, 4) is 11.1 Å². The first kappa shape index (κ1) is 23.3. The number of nitrogens with zero attached hydrogens (tertiary/aromatic N) is 2. The molecule has 4 rings (SSSR count). The van der Waals surface area contributed by atoms with Crippen LogP contribution in [0.25, 0.3) is 21.3 Å². The molecule has 1 atom stereocenters. The lowest BCUT2D eigenvalue weighted by Crippen LogP contribution is -2.26. The minimum absolute atomic E-state index is 0.138. The second kappa shape index (κ2) is 9.95. The predicted molar refractivity (Wildman–Crippen MR) is 140 cm³/mol. The van der Waals surface area contributed by atoms with Gasteiger partial charge in [0.1, 0.15) is 4.83 Å². The van der Waals surface area contributed by atoms with E-state index in [1.54, 1.807) is 29.7 Å². The minimum Gasteiger partial charge on any atom is -0.325 e. The van der Waals surface area contributed by atoms with Crippen LogP contribution in [0.4, 0.5) is 5.69 Å². The summed E-state index contributed by atoms with van der Waals surface area (Å²) in [5.41, 5.74) is 3.28. The summed E-state index contributed by atoms with van der Waals surface area (Å²) in [7, 11) is 0. The van der Waals surface area contributed by atoms with Crippen molar-refractivity contribution < 1.29 is 4.79 Å². The summed E-state index contributed by atoms with van der Waals surface area (Å²) in [4.78, 5) is 31.8. The molecule has 1 amide bonds. The Bertz CT molecular complexity index is 1400. The number of aromatic nitrogens is 2. The Labute approximate surface area is 205 Å². The van der Waals surface area contributed by atoms with Gasteiger partial charge in [-0.1, -0.05) is 65.8 Å². The average molecular weight is 496 g/mol. The lowest BCUT2D eigenvalue weighted by Gasteiger charge is -2.16. The first-order valence-electron chi connectivity index (χ1n) is 10.3. The van der Waals surface area contributed by atoms with Gasteiger partial charge in [-0.15, -0.1) is 17.9 Å². The molecule has 0 bridgehead atoms. The van der Waals surface area contributed by atoms with E-state index in [-0.39, 0.29) is 11.5 Å². The summed E-state index contributed by atoms with van der Waals surface area (Å²) < 4.78 is 1.58. The maximum Gasteiger partial charge on any atom is 0.263 e. The molecule has 0 saturated carbocycles. The molecule has 0 radical (unpaired) electrons. The van der Waals surface area contributed by atoms with Crippen LogP contribution in [0, 0.1) is 6.92 Å². The predicted octanol–water partition coefficient (Wildman–Crippen LogP) is 6.39. The molecule has 0 aliphatic heterocycles. The summed E-state index contributed by atoms with van der Waals surface area (Å²) in [5, 5.41) is 6.02. The monoisotopic (exact) mass is 495 g/mol. The molecule has 33 heavy (non-hydrogen) atoms. The van der Waals surface area contributed by atoms with Gasteiger partial charge in [0.2, 0.25) is 5.91 Å². The normalized spacial score (nSPS) is 12.0. The van der Waals surface area contributed by atoms with E-state index >= 15 is 0 Å². The average Bonchev–Trinajstić information content (AvgIpc) is 3.23. The van der Waals surface area contributed by atoms with Crippen molar-refractivity contribution in [2.24, 2.45) is 0 Å². The molecule has 0 aliphatic rings. The van der Waals surface area contributed by atoms with E-state index < -0.39 is 5.25 Å². The van der Waals surface area contributed by atoms with Gasteiger partial charge in [-0.2, -0.15) is 0 Å². The van der Waals surface area contributed by atoms with Gasteiger partial charge in [0.15, 0.2) is 5.16 Å². The number of halogens is 1. The summed E-state index contributed by atoms with van der Waals surface area (Å²) in [5.74, 6) is -0.194. The van der Waals surface area contributed by atoms with Gasteiger partial charge in [-0.25, -0.2) is 4.98 Å². The maximum absolute atomic E-state index is 13.5. The summed E-state index contributed by atoms with van der Waals surface area (Å²) in [6.07, 6.45) is 1.66. The van der Waals surface area contributed by atoms with E-state index in [0.717, 1.165) is 16.7 Å². The van der Waals surface area contributed by atoms with Crippen LogP contribution in [-0.2, 0) is 11.3 Å². The van der Waals surface area contributed by atoms with Gasteiger partial charge >= 0.3 is 0 Å². The molecule has 0 fully saturated rings. The van der Waals surface area contributed by atoms with Crippen molar-refractivity contribution in [3.63, 3.8) is 0 Å². The van der Waals surface area contributed by atoms with Gasteiger partial charge in [-0.05, 0) is 37.1 Å². The third-order valence-electron chi connectivity index (χ3n) is 5.16. The van der Waals surface area contributed by atoms with E-state index in [0.29, 0.717) is 32.6 Å². The molecular formula is C25H22ClN3O2S2. The number of anilines is 1. The topological polar surface area (TPSA) is 64.0 Å². The summed E-state index contributed by atoms with van der Waals surface area (Å²) in [6, 6.07) is 15.1. The lowest BCUT2D eigenvalue weighted by molar-refractivity contribution is -0.115. The van der Waals surface area contributed by atoms with Crippen LogP contribution in [0.2, 0.25) is 5.02 Å². The molecule has 2 aromatic heterocycles. The van der Waals surface area contributed by atoms with Crippen LogP contribution < -0.4 is 10.9 Å². The van der Waals surface area contributed by atoms with Crippen molar-refractivity contribution >= 4 is 56.5 Å². The summed E-state index contributed by atoms with van der Waals surface area (Å²) >= 11 is 8.75. The molecule has 5 nitrogen and oxygen atoms in total. The largest absolute Gasteiger partial charge is 0.325 e. The zero-order valence-corrected chi connectivity index (χ0v) is 20.6. The third kappa shape index (κ3) is 4.90. The zero-order chi connectivity index (χ0) is 23.5. The highest BCUT2D eigenvalue weighted by Gasteiger charge is 2.22. The van der Waals surface area contributed by atoms with Gasteiger partial charge in [0.25, 0.3) is 5.56 Å². The summed E-state index contributed by atoms with van der Waals surface area (Å²) in [6.45, 7) is 7.78. The molecule has 0 aliphatic carbocycles. The number of allylic oxidation sites excluding steroid dienone is 1. The highest BCUT2D eigenvalue weighted by molar-refractivity contribution is 8.00. The number of benzene rings is 2. The first-order valence-corrected chi connectivity index (χ1v) is 12.4. The highest BCUT2D eigenvalue weighted by atomic mass is 35.5. The van der Waals surface area contributed by atoms with Gasteiger partial charge in [0, 0.05) is 28.2 Å². The number of aryl methyl sites for hydroxylation is 1. The standard InChI is InChI=1S/C25H22ClN3O2S2/c1-4-12-29-24(31)21-19(17-8-6-5-7-9-17)14-32-23(21)28-25(29)33-16(3)22(30)27-20-13-18(26)11-10-15(20)2/h4-11,13-14,16H,1,12H2,2-3H3,(H,27,30). The SMILES string of the molecule is C=CCn1c(SC(C)C(=O)Nc2cc(Cl)ccc2C)nc2scc(-c3ccccc3)c2c1=O. The van der Waals surface area contributed by atoms with Crippen molar-refractivity contribution in [1.82, 2.24) is 9.55 Å². The number of thiophene rings is 1. The van der Waals surface area contributed by atoms with Crippen molar-refractivity contribution in [3.05, 3.63) is 87.5 Å². The van der Waals surface area contributed by atoms with Crippen molar-refractivity contribution in [1.29, 1.82) is 0 Å². The quantitative estimate of drug-likeness (QED) is 0.183. The van der Waals surface area contributed by atoms with E-state index in [9.17, 15) is 9.59 Å².